The second-order valence-electron chi connectivity index (χ2n) is 15.6. The van der Waals surface area contributed by atoms with Gasteiger partial charge in [0.25, 0.3) is 0 Å². The van der Waals surface area contributed by atoms with Gasteiger partial charge in [-0.15, -0.1) is 0 Å². The summed E-state index contributed by atoms with van der Waals surface area (Å²) in [5.41, 5.74) is 13.0. The van der Waals surface area contributed by atoms with E-state index in [9.17, 15) is 0 Å². The Bertz CT molecular complexity index is 3450. The fourth-order valence-corrected chi connectivity index (χ4v) is 9.98. The van der Waals surface area contributed by atoms with Crippen LogP contribution in [0.4, 0.5) is 17.1 Å². The van der Waals surface area contributed by atoms with E-state index in [-0.39, 0.29) is 0 Å². The molecule has 1 spiro atoms. The lowest BCUT2D eigenvalue weighted by Crippen LogP contribution is -2.31. The molecule has 0 bridgehead atoms. The van der Waals surface area contributed by atoms with Crippen molar-refractivity contribution < 1.29 is 13.6 Å². The Morgan fingerprint density at radius 2 is 0.949 bits per heavy atom. The van der Waals surface area contributed by atoms with Gasteiger partial charge in [0.2, 0.25) is 0 Å². The Kier molecular flexibility index (Phi) is 6.62. The standard InChI is InChI=1S/C55H33NO3/c1-2-14-39-34(12-1)13-11-19-40(39)35-24-26-36(27-25-35)56(37-28-30-44-43-17-5-9-22-49(43)57-51(44)32-37)38-29-31-48-52(33-38)58-53-45-18-6-10-23-50(45)59-54(53)55(48)46-20-7-3-15-41(46)42-16-4-8-21-47(42)55/h1-33H. The van der Waals surface area contributed by atoms with Gasteiger partial charge in [-0.3, -0.25) is 0 Å². The third-order valence-corrected chi connectivity index (χ3v) is 12.5. The van der Waals surface area contributed by atoms with Crippen LogP contribution in [0.15, 0.2) is 209 Å². The van der Waals surface area contributed by atoms with Crippen molar-refractivity contribution >= 4 is 60.7 Å². The molecule has 0 saturated heterocycles. The van der Waals surface area contributed by atoms with Gasteiger partial charge in [0.1, 0.15) is 27.9 Å². The molecule has 0 saturated carbocycles. The van der Waals surface area contributed by atoms with Crippen LogP contribution in [-0.4, -0.2) is 0 Å². The van der Waals surface area contributed by atoms with Crippen LogP contribution in [-0.2, 0) is 5.41 Å². The van der Waals surface area contributed by atoms with Gasteiger partial charge < -0.3 is 18.5 Å². The summed E-state index contributed by atoms with van der Waals surface area (Å²) in [7, 11) is 0. The zero-order chi connectivity index (χ0) is 38.7. The van der Waals surface area contributed by atoms with Crippen molar-refractivity contribution in [2.24, 2.45) is 0 Å². The highest BCUT2D eigenvalue weighted by atomic mass is 16.5. The summed E-state index contributed by atoms with van der Waals surface area (Å²) in [6.45, 7) is 0. The molecule has 0 amide bonds. The number of ether oxygens (including phenoxy) is 1. The lowest BCUT2D eigenvalue weighted by Gasteiger charge is -2.37. The molecule has 59 heavy (non-hydrogen) atoms. The highest BCUT2D eigenvalue weighted by molar-refractivity contribution is 6.06. The topological polar surface area (TPSA) is 38.8 Å². The highest BCUT2D eigenvalue weighted by Gasteiger charge is 2.54. The van der Waals surface area contributed by atoms with Gasteiger partial charge in [0.15, 0.2) is 11.5 Å². The predicted octanol–water partition coefficient (Wildman–Crippen LogP) is 15.1. The Morgan fingerprint density at radius 3 is 1.75 bits per heavy atom. The molecule has 4 heteroatoms. The summed E-state index contributed by atoms with van der Waals surface area (Å²) < 4.78 is 20.5. The molecular formula is C55H33NO3. The van der Waals surface area contributed by atoms with Crippen LogP contribution in [0.3, 0.4) is 0 Å². The van der Waals surface area contributed by atoms with Crippen molar-refractivity contribution in [3.63, 3.8) is 0 Å². The Hall–Kier alpha value is -7.82. The van der Waals surface area contributed by atoms with E-state index in [1.165, 1.54) is 38.6 Å². The average molecular weight is 756 g/mol. The molecule has 0 radical (unpaired) electrons. The van der Waals surface area contributed by atoms with Gasteiger partial charge in [0, 0.05) is 45.5 Å². The molecule has 2 aromatic heterocycles. The monoisotopic (exact) mass is 755 g/mol. The van der Waals surface area contributed by atoms with Crippen molar-refractivity contribution in [2.75, 3.05) is 4.90 Å². The van der Waals surface area contributed by atoms with Gasteiger partial charge in [-0.2, -0.15) is 0 Å². The van der Waals surface area contributed by atoms with E-state index < -0.39 is 5.41 Å². The third kappa shape index (κ3) is 4.48. The van der Waals surface area contributed by atoms with Gasteiger partial charge >= 0.3 is 0 Å². The number of rotatable bonds is 4. The molecule has 11 aromatic rings. The van der Waals surface area contributed by atoms with Crippen LogP contribution < -0.4 is 9.64 Å². The molecule has 1 aliphatic heterocycles. The number of para-hydroxylation sites is 2. The number of anilines is 3. The molecule has 0 N–H and O–H groups in total. The molecule has 0 atom stereocenters. The highest BCUT2D eigenvalue weighted by Crippen LogP contribution is 2.64. The first-order chi connectivity index (χ1) is 29.2. The normalized spacial score (nSPS) is 13.4. The largest absolute Gasteiger partial charge is 0.456 e. The molecular weight excluding hydrogens is 723 g/mol. The summed E-state index contributed by atoms with van der Waals surface area (Å²) in [5, 5.41) is 5.60. The van der Waals surface area contributed by atoms with Crippen molar-refractivity contribution in [1.82, 2.24) is 0 Å². The van der Waals surface area contributed by atoms with Crippen molar-refractivity contribution in [3.8, 4) is 33.8 Å². The number of hydrogen-bond donors (Lipinski definition) is 0. The molecule has 4 nitrogen and oxygen atoms in total. The lowest BCUT2D eigenvalue weighted by molar-refractivity contribution is 0.389. The minimum Gasteiger partial charge on any atom is -0.456 e. The second-order valence-corrected chi connectivity index (χ2v) is 15.6. The van der Waals surface area contributed by atoms with Crippen molar-refractivity contribution in [2.45, 2.75) is 5.41 Å². The lowest BCUT2D eigenvalue weighted by atomic mass is 9.69. The fourth-order valence-electron chi connectivity index (χ4n) is 9.98. The van der Waals surface area contributed by atoms with E-state index in [1.54, 1.807) is 0 Å². The maximum Gasteiger partial charge on any atom is 0.178 e. The van der Waals surface area contributed by atoms with Crippen LogP contribution in [0.2, 0.25) is 0 Å². The number of hydrogen-bond acceptors (Lipinski definition) is 4. The summed E-state index contributed by atoms with van der Waals surface area (Å²) >= 11 is 0. The maximum atomic E-state index is 7.10. The van der Waals surface area contributed by atoms with E-state index in [0.717, 1.165) is 78.4 Å². The zero-order valence-electron chi connectivity index (χ0n) is 31.7. The summed E-state index contributed by atoms with van der Waals surface area (Å²) in [5.74, 6) is 2.36. The zero-order valence-corrected chi connectivity index (χ0v) is 31.7. The molecule has 9 aromatic carbocycles. The maximum absolute atomic E-state index is 7.10. The van der Waals surface area contributed by atoms with Crippen LogP contribution in [0, 0.1) is 0 Å². The second kappa shape index (κ2) is 12.1. The number of furan rings is 2. The van der Waals surface area contributed by atoms with Crippen molar-refractivity contribution in [3.05, 3.63) is 223 Å². The van der Waals surface area contributed by atoms with E-state index in [2.05, 4.69) is 181 Å². The first-order valence-electron chi connectivity index (χ1n) is 20.1. The van der Waals surface area contributed by atoms with E-state index in [0.29, 0.717) is 0 Å². The van der Waals surface area contributed by atoms with Crippen LogP contribution in [0.1, 0.15) is 22.5 Å². The van der Waals surface area contributed by atoms with E-state index in [4.69, 9.17) is 13.6 Å². The third-order valence-electron chi connectivity index (χ3n) is 12.5. The van der Waals surface area contributed by atoms with Crippen molar-refractivity contribution in [1.29, 1.82) is 0 Å². The van der Waals surface area contributed by atoms with Crippen LogP contribution in [0.5, 0.6) is 11.5 Å². The minimum atomic E-state index is -0.716. The Balaban J connectivity index is 1.04. The molecule has 276 valence electrons. The number of nitrogens with zero attached hydrogens (tertiary/aromatic N) is 1. The molecule has 0 fully saturated rings. The predicted molar refractivity (Wildman–Crippen MR) is 238 cm³/mol. The van der Waals surface area contributed by atoms with Crippen LogP contribution in [0.25, 0.3) is 65.9 Å². The van der Waals surface area contributed by atoms with Gasteiger partial charge in [-0.25, -0.2) is 0 Å². The Labute approximate surface area is 339 Å². The smallest absolute Gasteiger partial charge is 0.178 e. The molecule has 3 heterocycles. The molecule has 0 unspecified atom stereocenters. The number of fused-ring (bicyclic) bond motifs is 15. The average Bonchev–Trinajstić information content (AvgIpc) is 3.95. The summed E-state index contributed by atoms with van der Waals surface area (Å²) in [6.07, 6.45) is 0. The Morgan fingerprint density at radius 1 is 0.373 bits per heavy atom. The number of benzene rings is 9. The summed E-state index contributed by atoms with van der Waals surface area (Å²) in [6, 6.07) is 71.1. The fraction of sp³-hybridized carbons (Fsp3) is 0.0182. The van der Waals surface area contributed by atoms with Gasteiger partial charge in [0.05, 0.1) is 5.39 Å². The van der Waals surface area contributed by atoms with E-state index >= 15 is 0 Å². The summed E-state index contributed by atoms with van der Waals surface area (Å²) in [4.78, 5) is 2.30. The minimum absolute atomic E-state index is 0.716. The van der Waals surface area contributed by atoms with Gasteiger partial charge in [-0.05, 0) is 92.7 Å². The molecule has 1 aliphatic carbocycles. The quantitative estimate of drug-likeness (QED) is 0.179. The SMILES string of the molecule is c1ccc2c(c1)-c1ccccc1C21c2ccc(N(c3ccc(-c4cccc5ccccc45)cc3)c3ccc4c(c3)oc3ccccc34)cc2Oc2c1oc1ccccc21. The first-order valence-corrected chi connectivity index (χ1v) is 20.1. The van der Waals surface area contributed by atoms with Gasteiger partial charge in [-0.1, -0.05) is 140 Å². The molecule has 13 rings (SSSR count). The molecule has 2 aliphatic rings. The van der Waals surface area contributed by atoms with Crippen LogP contribution >= 0.6 is 0 Å². The first kappa shape index (κ1) is 32.3. The van der Waals surface area contributed by atoms with E-state index in [1.807, 2.05) is 24.3 Å².